The largest absolute Gasteiger partial charge is 0.352 e. The van der Waals surface area contributed by atoms with Crippen molar-refractivity contribution in [1.29, 1.82) is 0 Å². The van der Waals surface area contributed by atoms with Gasteiger partial charge < -0.3 is 5.32 Å². The smallest absolute Gasteiger partial charge is 0.246 e. The van der Waals surface area contributed by atoms with Crippen LogP contribution in [0.25, 0.3) is 0 Å². The van der Waals surface area contributed by atoms with Gasteiger partial charge >= 0.3 is 0 Å². The van der Waals surface area contributed by atoms with Crippen LogP contribution in [-0.2, 0) is 4.79 Å². The Morgan fingerprint density at radius 1 is 0.947 bits per heavy atom. The highest BCUT2D eigenvalue weighted by molar-refractivity contribution is 5.91. The molecule has 0 unspecified atom stereocenters. The minimum atomic E-state index is -0.00912. The number of carbonyl (C=O) groups excluding carboxylic acids is 1. The normalized spacial score (nSPS) is 10.7. The highest BCUT2D eigenvalue weighted by Gasteiger charge is 1.99. The molecule has 0 saturated heterocycles. The van der Waals surface area contributed by atoms with E-state index >= 15 is 0 Å². The molecule has 0 aliphatic carbocycles. The van der Waals surface area contributed by atoms with Crippen molar-refractivity contribution in [2.24, 2.45) is 5.92 Å². The van der Waals surface area contributed by atoms with Crippen molar-refractivity contribution < 1.29 is 4.79 Å². The number of hydrogen-bond acceptors (Lipinski definition) is 1. The molecule has 0 radical (unpaired) electrons. The molecule has 1 amide bonds. The number of carbonyl (C=O) groups is 1. The Balaban J connectivity index is 3.11. The van der Waals surface area contributed by atoms with Gasteiger partial charge in [0.25, 0.3) is 0 Å². The van der Waals surface area contributed by atoms with E-state index in [0.29, 0.717) is 5.57 Å². The van der Waals surface area contributed by atoms with Gasteiger partial charge in [-0.25, -0.2) is 0 Å². The summed E-state index contributed by atoms with van der Waals surface area (Å²) in [6, 6.07) is 0. The number of unbranched alkanes of at least 4 members (excludes halogenated alkanes) is 7. The number of rotatable bonds is 12. The molecule has 0 spiro atoms. The van der Waals surface area contributed by atoms with Gasteiger partial charge in [0.1, 0.15) is 0 Å². The van der Waals surface area contributed by atoms with Crippen molar-refractivity contribution in [3.8, 4) is 0 Å². The lowest BCUT2D eigenvalue weighted by molar-refractivity contribution is -0.117. The Morgan fingerprint density at radius 3 is 1.89 bits per heavy atom. The number of nitrogens with one attached hydrogen (secondary N) is 1. The van der Waals surface area contributed by atoms with Gasteiger partial charge in [-0.2, -0.15) is 0 Å². The maximum Gasteiger partial charge on any atom is 0.246 e. The molecule has 112 valence electrons. The fourth-order valence-electron chi connectivity index (χ4n) is 2.09. The van der Waals surface area contributed by atoms with Gasteiger partial charge in [-0.3, -0.25) is 4.79 Å². The summed E-state index contributed by atoms with van der Waals surface area (Å²) in [5.74, 6) is 0.847. The van der Waals surface area contributed by atoms with Crippen LogP contribution >= 0.6 is 0 Å². The van der Waals surface area contributed by atoms with E-state index in [1.54, 1.807) is 6.92 Å². The lowest BCUT2D eigenvalue weighted by Crippen LogP contribution is -2.24. The molecule has 0 atom stereocenters. The van der Waals surface area contributed by atoms with Crippen LogP contribution in [0.15, 0.2) is 12.2 Å². The molecule has 2 nitrogen and oxygen atoms in total. The average Bonchev–Trinajstić information content (AvgIpc) is 2.35. The van der Waals surface area contributed by atoms with E-state index in [9.17, 15) is 4.79 Å². The van der Waals surface area contributed by atoms with Crippen LogP contribution in [-0.4, -0.2) is 12.5 Å². The lowest BCUT2D eigenvalue weighted by Gasteiger charge is -2.05. The molecule has 0 aromatic heterocycles. The van der Waals surface area contributed by atoms with E-state index in [2.05, 4.69) is 25.7 Å². The first-order valence-corrected chi connectivity index (χ1v) is 7.97. The Hall–Kier alpha value is -0.790. The maximum atomic E-state index is 11.2. The zero-order valence-corrected chi connectivity index (χ0v) is 13.3. The molecule has 0 fully saturated rings. The predicted octanol–water partition coefficient (Wildman–Crippen LogP) is 4.85. The van der Waals surface area contributed by atoms with Crippen LogP contribution in [0.5, 0.6) is 0 Å². The molecule has 0 bridgehead atoms. The Labute approximate surface area is 120 Å². The van der Waals surface area contributed by atoms with Gasteiger partial charge in [-0.1, -0.05) is 71.8 Å². The second-order valence-electron chi connectivity index (χ2n) is 6.05. The topological polar surface area (TPSA) is 29.1 Å². The third kappa shape index (κ3) is 13.4. The summed E-state index contributed by atoms with van der Waals surface area (Å²) >= 11 is 0. The molecule has 0 saturated carbocycles. The zero-order valence-electron chi connectivity index (χ0n) is 13.3. The summed E-state index contributed by atoms with van der Waals surface area (Å²) in [4.78, 5) is 11.2. The summed E-state index contributed by atoms with van der Waals surface area (Å²) in [6.45, 7) is 10.8. The molecule has 0 heterocycles. The third-order valence-electron chi connectivity index (χ3n) is 3.38. The minimum absolute atomic E-state index is 0.00912. The Bertz CT molecular complexity index is 246. The van der Waals surface area contributed by atoms with E-state index in [1.165, 1.54) is 51.4 Å². The highest BCUT2D eigenvalue weighted by atomic mass is 16.1. The molecule has 0 aliphatic rings. The van der Waals surface area contributed by atoms with Gasteiger partial charge in [0.05, 0.1) is 0 Å². The minimum Gasteiger partial charge on any atom is -0.352 e. The summed E-state index contributed by atoms with van der Waals surface area (Å²) in [6.07, 6.45) is 11.9. The molecular formula is C17H33NO. The van der Waals surface area contributed by atoms with Crippen LogP contribution in [0.4, 0.5) is 0 Å². The fraction of sp³-hybridized carbons (Fsp3) is 0.824. The Morgan fingerprint density at radius 2 is 1.42 bits per heavy atom. The summed E-state index contributed by atoms with van der Waals surface area (Å²) < 4.78 is 0. The number of hydrogen-bond donors (Lipinski definition) is 1. The van der Waals surface area contributed by atoms with Gasteiger partial charge in [0.15, 0.2) is 0 Å². The van der Waals surface area contributed by atoms with Gasteiger partial charge in [-0.15, -0.1) is 0 Å². The molecule has 0 rings (SSSR count). The van der Waals surface area contributed by atoms with Crippen molar-refractivity contribution >= 4 is 5.91 Å². The number of amides is 1. The fourth-order valence-corrected chi connectivity index (χ4v) is 2.09. The summed E-state index contributed by atoms with van der Waals surface area (Å²) in [5.41, 5.74) is 0.599. The van der Waals surface area contributed by atoms with E-state index in [1.807, 2.05) is 0 Å². The molecule has 0 aliphatic heterocycles. The zero-order chi connectivity index (χ0) is 14.5. The molecule has 1 N–H and O–H groups in total. The molecule has 0 aromatic rings. The second-order valence-corrected chi connectivity index (χ2v) is 6.05. The van der Waals surface area contributed by atoms with Crippen LogP contribution in [0.2, 0.25) is 0 Å². The van der Waals surface area contributed by atoms with Crippen molar-refractivity contribution in [2.45, 2.75) is 78.6 Å². The molecule has 2 heteroatoms. The van der Waals surface area contributed by atoms with Gasteiger partial charge in [0.2, 0.25) is 5.91 Å². The van der Waals surface area contributed by atoms with E-state index in [-0.39, 0.29) is 5.91 Å². The Kier molecular flexibility index (Phi) is 11.7. The highest BCUT2D eigenvalue weighted by Crippen LogP contribution is 2.12. The van der Waals surface area contributed by atoms with E-state index in [0.717, 1.165) is 18.9 Å². The van der Waals surface area contributed by atoms with Crippen molar-refractivity contribution in [2.75, 3.05) is 6.54 Å². The van der Waals surface area contributed by atoms with E-state index in [4.69, 9.17) is 0 Å². The second kappa shape index (κ2) is 12.3. The van der Waals surface area contributed by atoms with Crippen LogP contribution in [0.1, 0.15) is 78.6 Å². The van der Waals surface area contributed by atoms with Crippen molar-refractivity contribution in [3.05, 3.63) is 12.2 Å². The average molecular weight is 267 g/mol. The first-order chi connectivity index (χ1) is 9.04. The van der Waals surface area contributed by atoms with Crippen LogP contribution in [0.3, 0.4) is 0 Å². The van der Waals surface area contributed by atoms with E-state index < -0.39 is 0 Å². The third-order valence-corrected chi connectivity index (χ3v) is 3.38. The summed E-state index contributed by atoms with van der Waals surface area (Å²) in [5, 5.41) is 2.87. The predicted molar refractivity (Wildman–Crippen MR) is 84.2 cm³/mol. The first-order valence-electron chi connectivity index (χ1n) is 7.97. The molecule has 19 heavy (non-hydrogen) atoms. The standard InChI is InChI=1S/C17H33NO/c1-15(2)13-11-9-7-5-6-8-10-12-14-18-17(19)16(3)4/h15H,3,5-14H2,1-2,4H3,(H,18,19). The van der Waals surface area contributed by atoms with Crippen molar-refractivity contribution in [1.82, 2.24) is 5.32 Å². The molecular weight excluding hydrogens is 234 g/mol. The van der Waals surface area contributed by atoms with Crippen molar-refractivity contribution in [3.63, 3.8) is 0 Å². The first kappa shape index (κ1) is 18.2. The van der Waals surface area contributed by atoms with Gasteiger partial charge in [0, 0.05) is 12.1 Å². The lowest BCUT2D eigenvalue weighted by atomic mass is 10.0. The monoisotopic (exact) mass is 267 g/mol. The molecule has 0 aromatic carbocycles. The maximum absolute atomic E-state index is 11.2. The van der Waals surface area contributed by atoms with Gasteiger partial charge in [-0.05, 0) is 19.3 Å². The van der Waals surface area contributed by atoms with Crippen LogP contribution < -0.4 is 5.32 Å². The van der Waals surface area contributed by atoms with Crippen LogP contribution in [0, 0.1) is 5.92 Å². The summed E-state index contributed by atoms with van der Waals surface area (Å²) in [7, 11) is 0. The quantitative estimate of drug-likeness (QED) is 0.397. The SMILES string of the molecule is C=C(C)C(=O)NCCCCCCCCCCC(C)C.